The lowest BCUT2D eigenvalue weighted by molar-refractivity contribution is 0.399. The van der Waals surface area contributed by atoms with E-state index in [9.17, 15) is 0 Å². The Morgan fingerprint density at radius 2 is 2.00 bits per heavy atom. The van der Waals surface area contributed by atoms with Gasteiger partial charge >= 0.3 is 0 Å². The smallest absolute Gasteiger partial charge is 0.188 e. The average Bonchev–Trinajstić information content (AvgIpc) is 2.32. The molecule has 2 unspecified atom stereocenters. The van der Waals surface area contributed by atoms with E-state index in [4.69, 9.17) is 5.73 Å². The highest BCUT2D eigenvalue weighted by atomic mass is 15.1. The fourth-order valence-corrected chi connectivity index (χ4v) is 1.96. The summed E-state index contributed by atoms with van der Waals surface area (Å²) in [4.78, 5) is 3.93. The van der Waals surface area contributed by atoms with Crippen LogP contribution in [0.4, 0.5) is 0 Å². The predicted octanol–water partition coefficient (Wildman–Crippen LogP) is 1.49. The Kier molecular flexibility index (Phi) is 4.06. The maximum absolute atomic E-state index is 5.66. The molecule has 0 spiro atoms. The van der Waals surface area contributed by atoms with Crippen LogP contribution in [-0.4, -0.2) is 19.0 Å². The summed E-state index contributed by atoms with van der Waals surface area (Å²) in [6.45, 7) is 2.30. The first kappa shape index (κ1) is 10.4. The summed E-state index contributed by atoms with van der Waals surface area (Å²) in [6, 6.07) is 0.534. The molecule has 1 aliphatic carbocycles. The Balaban J connectivity index is 2.45. The van der Waals surface area contributed by atoms with E-state index in [1.165, 1.54) is 32.1 Å². The molecule has 0 aromatic carbocycles. The zero-order valence-electron chi connectivity index (χ0n) is 8.71. The van der Waals surface area contributed by atoms with Gasteiger partial charge in [-0.05, 0) is 18.8 Å². The number of rotatable bonds is 1. The first-order chi connectivity index (χ1) is 6.24. The van der Waals surface area contributed by atoms with Gasteiger partial charge in [0.2, 0.25) is 0 Å². The van der Waals surface area contributed by atoms with Gasteiger partial charge in [0.15, 0.2) is 5.96 Å². The van der Waals surface area contributed by atoms with Crippen molar-refractivity contribution in [2.75, 3.05) is 7.05 Å². The normalized spacial score (nSPS) is 31.1. The first-order valence-electron chi connectivity index (χ1n) is 5.23. The molecule has 1 saturated carbocycles. The van der Waals surface area contributed by atoms with E-state index in [-0.39, 0.29) is 0 Å². The van der Waals surface area contributed by atoms with Crippen molar-refractivity contribution < 1.29 is 0 Å². The van der Waals surface area contributed by atoms with E-state index in [1.54, 1.807) is 7.05 Å². The highest BCUT2D eigenvalue weighted by Crippen LogP contribution is 2.22. The Labute approximate surface area is 80.8 Å². The monoisotopic (exact) mass is 183 g/mol. The Morgan fingerprint density at radius 3 is 2.69 bits per heavy atom. The topological polar surface area (TPSA) is 50.4 Å². The summed E-state index contributed by atoms with van der Waals surface area (Å²) in [5.41, 5.74) is 5.66. The first-order valence-corrected chi connectivity index (χ1v) is 5.23. The number of guanidine groups is 1. The molecule has 3 heteroatoms. The van der Waals surface area contributed by atoms with Gasteiger partial charge in [-0.25, -0.2) is 0 Å². The van der Waals surface area contributed by atoms with Crippen molar-refractivity contribution in [3.63, 3.8) is 0 Å². The molecule has 3 nitrogen and oxygen atoms in total. The molecule has 0 bridgehead atoms. The summed E-state index contributed by atoms with van der Waals surface area (Å²) in [7, 11) is 1.73. The quantitative estimate of drug-likeness (QED) is 0.367. The molecule has 0 amide bonds. The van der Waals surface area contributed by atoms with Crippen LogP contribution in [0.5, 0.6) is 0 Å². The van der Waals surface area contributed by atoms with Gasteiger partial charge in [0.1, 0.15) is 0 Å². The highest BCUT2D eigenvalue weighted by molar-refractivity contribution is 5.77. The molecule has 76 valence electrons. The maximum atomic E-state index is 5.66. The lowest BCUT2D eigenvalue weighted by Crippen LogP contribution is -2.43. The largest absolute Gasteiger partial charge is 0.370 e. The van der Waals surface area contributed by atoms with Gasteiger partial charge in [-0.3, -0.25) is 4.99 Å². The van der Waals surface area contributed by atoms with Gasteiger partial charge in [0.05, 0.1) is 0 Å². The zero-order valence-corrected chi connectivity index (χ0v) is 8.71. The van der Waals surface area contributed by atoms with E-state index in [2.05, 4.69) is 17.2 Å². The molecule has 0 aliphatic heterocycles. The Hall–Kier alpha value is -0.730. The van der Waals surface area contributed by atoms with E-state index in [0.717, 1.165) is 5.92 Å². The summed E-state index contributed by atoms with van der Waals surface area (Å²) in [5.74, 6) is 1.31. The number of hydrogen-bond donors (Lipinski definition) is 2. The van der Waals surface area contributed by atoms with Crippen molar-refractivity contribution in [1.82, 2.24) is 5.32 Å². The molecule has 13 heavy (non-hydrogen) atoms. The van der Waals surface area contributed by atoms with E-state index < -0.39 is 0 Å². The second-order valence-corrected chi connectivity index (χ2v) is 3.97. The minimum atomic E-state index is 0.534. The fraction of sp³-hybridized carbons (Fsp3) is 0.900. The molecule has 0 saturated heterocycles. The lowest BCUT2D eigenvalue weighted by atomic mass is 9.97. The number of hydrogen-bond acceptors (Lipinski definition) is 1. The molecule has 1 aliphatic rings. The maximum Gasteiger partial charge on any atom is 0.188 e. The third-order valence-electron chi connectivity index (χ3n) is 2.94. The van der Waals surface area contributed by atoms with Crippen molar-refractivity contribution in [2.45, 2.75) is 45.1 Å². The second kappa shape index (κ2) is 5.10. The van der Waals surface area contributed by atoms with Crippen molar-refractivity contribution in [2.24, 2.45) is 16.6 Å². The molecular weight excluding hydrogens is 162 g/mol. The molecule has 1 rings (SSSR count). The minimum absolute atomic E-state index is 0.534. The van der Waals surface area contributed by atoms with Crippen molar-refractivity contribution in [3.05, 3.63) is 0 Å². The van der Waals surface area contributed by atoms with Gasteiger partial charge in [0.25, 0.3) is 0 Å². The number of nitrogens with two attached hydrogens (primary N) is 1. The highest BCUT2D eigenvalue weighted by Gasteiger charge is 2.19. The van der Waals surface area contributed by atoms with Crippen LogP contribution >= 0.6 is 0 Å². The molecule has 3 N–H and O–H groups in total. The Morgan fingerprint density at radius 1 is 1.31 bits per heavy atom. The van der Waals surface area contributed by atoms with Gasteiger partial charge in [-0.1, -0.05) is 26.2 Å². The van der Waals surface area contributed by atoms with Crippen molar-refractivity contribution in [3.8, 4) is 0 Å². The van der Waals surface area contributed by atoms with Crippen LogP contribution in [0.2, 0.25) is 0 Å². The van der Waals surface area contributed by atoms with Crippen molar-refractivity contribution in [1.29, 1.82) is 0 Å². The summed E-state index contributed by atoms with van der Waals surface area (Å²) < 4.78 is 0. The van der Waals surface area contributed by atoms with E-state index in [0.29, 0.717) is 12.0 Å². The van der Waals surface area contributed by atoms with E-state index in [1.807, 2.05) is 0 Å². The number of nitrogens with one attached hydrogen (secondary N) is 1. The van der Waals surface area contributed by atoms with Crippen LogP contribution in [0.1, 0.15) is 39.0 Å². The third-order valence-corrected chi connectivity index (χ3v) is 2.94. The lowest BCUT2D eigenvalue weighted by Gasteiger charge is -2.22. The standard InChI is InChI=1S/C10H21N3/c1-8-6-4-3-5-7-9(8)13-10(11)12-2/h8-9H,3-7H2,1-2H3,(H3,11,12,13). The Bertz CT molecular complexity index is 177. The van der Waals surface area contributed by atoms with Crippen LogP contribution in [-0.2, 0) is 0 Å². The molecule has 0 radical (unpaired) electrons. The SMILES string of the molecule is CN=C(N)NC1CCCCCC1C. The second-order valence-electron chi connectivity index (χ2n) is 3.97. The molecule has 0 heterocycles. The van der Waals surface area contributed by atoms with Gasteiger partial charge in [-0.2, -0.15) is 0 Å². The zero-order chi connectivity index (χ0) is 9.68. The molecule has 0 aromatic rings. The minimum Gasteiger partial charge on any atom is -0.370 e. The molecule has 1 fully saturated rings. The van der Waals surface area contributed by atoms with E-state index >= 15 is 0 Å². The van der Waals surface area contributed by atoms with Crippen LogP contribution in [0.3, 0.4) is 0 Å². The van der Waals surface area contributed by atoms with Crippen LogP contribution in [0.25, 0.3) is 0 Å². The third kappa shape index (κ3) is 3.25. The molecule has 0 aromatic heterocycles. The predicted molar refractivity (Wildman–Crippen MR) is 56.7 cm³/mol. The fourth-order valence-electron chi connectivity index (χ4n) is 1.96. The number of aliphatic imine (C=N–C) groups is 1. The van der Waals surface area contributed by atoms with Crippen molar-refractivity contribution >= 4 is 5.96 Å². The average molecular weight is 183 g/mol. The number of nitrogens with zero attached hydrogens (tertiary/aromatic N) is 1. The summed E-state index contributed by atoms with van der Waals surface area (Å²) in [5, 5.41) is 3.29. The molecule has 2 atom stereocenters. The van der Waals surface area contributed by atoms with Gasteiger partial charge < -0.3 is 11.1 Å². The van der Waals surface area contributed by atoms with Crippen LogP contribution in [0.15, 0.2) is 4.99 Å². The van der Waals surface area contributed by atoms with Crippen LogP contribution < -0.4 is 11.1 Å². The van der Waals surface area contributed by atoms with Gasteiger partial charge in [0, 0.05) is 13.1 Å². The summed E-state index contributed by atoms with van der Waals surface area (Å²) >= 11 is 0. The van der Waals surface area contributed by atoms with Crippen LogP contribution in [0, 0.1) is 5.92 Å². The molecular formula is C10H21N3. The summed E-state index contributed by atoms with van der Waals surface area (Å²) in [6.07, 6.45) is 6.60. The van der Waals surface area contributed by atoms with Gasteiger partial charge in [-0.15, -0.1) is 0 Å².